The molecule has 6 heteroatoms. The van der Waals surface area contributed by atoms with Crippen LogP contribution in [0.3, 0.4) is 0 Å². The number of hydrogen-bond donors (Lipinski definition) is 2. The SMILES string of the molecule is Cc1ccc(NC(=O)CSCC(=O)NCc2ccccc2CN(C)C)cc1. The first-order valence-corrected chi connectivity index (χ1v) is 10.0. The van der Waals surface area contributed by atoms with Crippen LogP contribution in [0.25, 0.3) is 0 Å². The third-order valence-electron chi connectivity index (χ3n) is 3.88. The zero-order valence-corrected chi connectivity index (χ0v) is 16.9. The van der Waals surface area contributed by atoms with Gasteiger partial charge in [-0.2, -0.15) is 0 Å². The summed E-state index contributed by atoms with van der Waals surface area (Å²) in [6.07, 6.45) is 0. The summed E-state index contributed by atoms with van der Waals surface area (Å²) in [4.78, 5) is 26.1. The zero-order chi connectivity index (χ0) is 19.6. The van der Waals surface area contributed by atoms with Crippen LogP contribution in [0, 0.1) is 6.92 Å². The van der Waals surface area contributed by atoms with Crippen molar-refractivity contribution in [3.8, 4) is 0 Å². The van der Waals surface area contributed by atoms with Gasteiger partial charge < -0.3 is 15.5 Å². The molecule has 2 aromatic rings. The smallest absolute Gasteiger partial charge is 0.234 e. The van der Waals surface area contributed by atoms with Gasteiger partial charge in [-0.3, -0.25) is 9.59 Å². The highest BCUT2D eigenvalue weighted by atomic mass is 32.2. The van der Waals surface area contributed by atoms with Gasteiger partial charge in [-0.05, 0) is 44.3 Å². The molecule has 2 rings (SSSR count). The lowest BCUT2D eigenvalue weighted by Crippen LogP contribution is -2.26. The summed E-state index contributed by atoms with van der Waals surface area (Å²) >= 11 is 1.31. The zero-order valence-electron chi connectivity index (χ0n) is 16.1. The van der Waals surface area contributed by atoms with Gasteiger partial charge in [-0.15, -0.1) is 11.8 Å². The number of carbonyl (C=O) groups is 2. The Balaban J connectivity index is 1.70. The van der Waals surface area contributed by atoms with Crippen molar-refractivity contribution in [1.82, 2.24) is 10.2 Å². The van der Waals surface area contributed by atoms with E-state index in [1.807, 2.05) is 63.5 Å². The Hall–Kier alpha value is -2.31. The molecule has 144 valence electrons. The topological polar surface area (TPSA) is 61.4 Å². The summed E-state index contributed by atoms with van der Waals surface area (Å²) in [5.41, 5.74) is 4.23. The maximum Gasteiger partial charge on any atom is 0.234 e. The Morgan fingerprint density at radius 1 is 0.926 bits per heavy atom. The van der Waals surface area contributed by atoms with Crippen LogP contribution < -0.4 is 10.6 Å². The third kappa shape index (κ3) is 7.85. The van der Waals surface area contributed by atoms with Crippen molar-refractivity contribution in [2.75, 3.05) is 30.9 Å². The first-order chi connectivity index (χ1) is 12.9. The monoisotopic (exact) mass is 385 g/mol. The summed E-state index contributed by atoms with van der Waals surface area (Å²) in [6, 6.07) is 15.7. The number of carbonyl (C=O) groups excluding carboxylic acids is 2. The van der Waals surface area contributed by atoms with Crippen molar-refractivity contribution in [2.45, 2.75) is 20.0 Å². The molecule has 0 aromatic heterocycles. The first kappa shape index (κ1) is 21.0. The van der Waals surface area contributed by atoms with Crippen molar-refractivity contribution in [2.24, 2.45) is 0 Å². The van der Waals surface area contributed by atoms with Crippen LogP contribution >= 0.6 is 11.8 Å². The average Bonchev–Trinajstić information content (AvgIpc) is 2.62. The van der Waals surface area contributed by atoms with E-state index >= 15 is 0 Å². The Bertz CT molecular complexity index is 760. The summed E-state index contributed by atoms with van der Waals surface area (Å²) in [5.74, 6) is 0.339. The Morgan fingerprint density at radius 2 is 1.56 bits per heavy atom. The number of anilines is 1. The van der Waals surface area contributed by atoms with Gasteiger partial charge in [0.2, 0.25) is 11.8 Å². The van der Waals surface area contributed by atoms with Crippen LogP contribution in [0.15, 0.2) is 48.5 Å². The second kappa shape index (κ2) is 10.7. The Morgan fingerprint density at radius 3 is 2.22 bits per heavy atom. The van der Waals surface area contributed by atoms with E-state index in [2.05, 4.69) is 21.6 Å². The third-order valence-corrected chi connectivity index (χ3v) is 4.82. The average molecular weight is 386 g/mol. The first-order valence-electron chi connectivity index (χ1n) is 8.86. The van der Waals surface area contributed by atoms with Gasteiger partial charge >= 0.3 is 0 Å². The molecule has 0 unspecified atom stereocenters. The lowest BCUT2D eigenvalue weighted by molar-refractivity contribution is -0.118. The molecule has 2 amide bonds. The van der Waals surface area contributed by atoms with E-state index in [4.69, 9.17) is 0 Å². The largest absolute Gasteiger partial charge is 0.351 e. The summed E-state index contributed by atoms with van der Waals surface area (Å²) < 4.78 is 0. The highest BCUT2D eigenvalue weighted by Gasteiger charge is 2.08. The predicted molar refractivity (Wildman–Crippen MR) is 113 cm³/mol. The summed E-state index contributed by atoms with van der Waals surface area (Å²) in [5, 5.41) is 5.76. The number of hydrogen-bond acceptors (Lipinski definition) is 4. The summed E-state index contributed by atoms with van der Waals surface area (Å²) in [6.45, 7) is 3.33. The van der Waals surface area contributed by atoms with Gasteiger partial charge in [-0.25, -0.2) is 0 Å². The van der Waals surface area contributed by atoms with Crippen molar-refractivity contribution >= 4 is 29.3 Å². The molecule has 0 radical (unpaired) electrons. The van der Waals surface area contributed by atoms with Crippen LogP contribution in [-0.2, 0) is 22.7 Å². The maximum absolute atomic E-state index is 12.1. The fourth-order valence-electron chi connectivity index (χ4n) is 2.54. The van der Waals surface area contributed by atoms with Crippen molar-refractivity contribution in [1.29, 1.82) is 0 Å². The van der Waals surface area contributed by atoms with E-state index in [9.17, 15) is 9.59 Å². The van der Waals surface area contributed by atoms with E-state index in [1.54, 1.807) is 0 Å². The minimum atomic E-state index is -0.104. The fourth-order valence-corrected chi connectivity index (χ4v) is 3.19. The molecule has 5 nitrogen and oxygen atoms in total. The molecule has 0 bridgehead atoms. The van der Waals surface area contributed by atoms with Gasteiger partial charge in [0, 0.05) is 18.8 Å². The minimum absolute atomic E-state index is 0.0669. The molecule has 2 N–H and O–H groups in total. The molecule has 27 heavy (non-hydrogen) atoms. The molecule has 0 spiro atoms. The molecule has 0 aliphatic carbocycles. The number of aryl methyl sites for hydroxylation is 1. The number of thioether (sulfide) groups is 1. The van der Waals surface area contributed by atoms with Crippen molar-refractivity contribution in [3.63, 3.8) is 0 Å². The van der Waals surface area contributed by atoms with Crippen LogP contribution in [0.1, 0.15) is 16.7 Å². The normalized spacial score (nSPS) is 10.7. The second-order valence-electron chi connectivity index (χ2n) is 6.69. The quantitative estimate of drug-likeness (QED) is 0.696. The van der Waals surface area contributed by atoms with Crippen molar-refractivity contribution in [3.05, 3.63) is 65.2 Å². The molecular formula is C21H27N3O2S. The van der Waals surface area contributed by atoms with E-state index < -0.39 is 0 Å². The molecule has 0 saturated carbocycles. The van der Waals surface area contributed by atoms with E-state index in [1.165, 1.54) is 17.3 Å². The molecular weight excluding hydrogens is 358 g/mol. The standard InChI is InChI=1S/C21H27N3O2S/c1-16-8-10-19(11-9-16)23-21(26)15-27-14-20(25)22-12-17-6-4-5-7-18(17)13-24(2)3/h4-11H,12-15H2,1-3H3,(H,22,25)(H,23,26). The lowest BCUT2D eigenvalue weighted by Gasteiger charge is -2.14. The van der Waals surface area contributed by atoms with Gasteiger partial charge in [-0.1, -0.05) is 42.0 Å². The van der Waals surface area contributed by atoms with E-state index in [0.29, 0.717) is 6.54 Å². The van der Waals surface area contributed by atoms with Crippen LogP contribution in [0.5, 0.6) is 0 Å². The molecule has 2 aromatic carbocycles. The van der Waals surface area contributed by atoms with Gasteiger partial charge in [0.1, 0.15) is 0 Å². The molecule has 0 atom stereocenters. The highest BCUT2D eigenvalue weighted by molar-refractivity contribution is 8.00. The van der Waals surface area contributed by atoms with E-state index in [0.717, 1.165) is 23.4 Å². The fraction of sp³-hybridized carbons (Fsp3) is 0.333. The highest BCUT2D eigenvalue weighted by Crippen LogP contribution is 2.11. The molecule has 0 aliphatic heterocycles. The van der Waals surface area contributed by atoms with Crippen molar-refractivity contribution < 1.29 is 9.59 Å². The van der Waals surface area contributed by atoms with Crippen LogP contribution in [0.2, 0.25) is 0 Å². The number of rotatable bonds is 9. The van der Waals surface area contributed by atoms with E-state index in [-0.39, 0.29) is 23.3 Å². The number of nitrogens with one attached hydrogen (secondary N) is 2. The predicted octanol–water partition coefficient (Wildman–Crippen LogP) is 3.04. The molecule has 0 heterocycles. The molecule has 0 fully saturated rings. The Labute approximate surface area is 165 Å². The van der Waals surface area contributed by atoms with Gasteiger partial charge in [0.15, 0.2) is 0 Å². The maximum atomic E-state index is 12.1. The lowest BCUT2D eigenvalue weighted by atomic mass is 10.1. The number of amides is 2. The second-order valence-corrected chi connectivity index (χ2v) is 7.68. The molecule has 0 aliphatic rings. The van der Waals surface area contributed by atoms with Gasteiger partial charge in [0.25, 0.3) is 0 Å². The molecule has 0 saturated heterocycles. The van der Waals surface area contributed by atoms with Crippen LogP contribution in [0.4, 0.5) is 5.69 Å². The minimum Gasteiger partial charge on any atom is -0.351 e. The van der Waals surface area contributed by atoms with Crippen LogP contribution in [-0.4, -0.2) is 42.3 Å². The summed E-state index contributed by atoms with van der Waals surface area (Å²) in [7, 11) is 4.04. The van der Waals surface area contributed by atoms with Gasteiger partial charge in [0.05, 0.1) is 11.5 Å². The number of benzene rings is 2. The number of nitrogens with zero attached hydrogens (tertiary/aromatic N) is 1. The Kier molecular flexibility index (Phi) is 8.36.